The third-order valence-corrected chi connectivity index (χ3v) is 2.76. The highest BCUT2D eigenvalue weighted by Gasteiger charge is 2.09. The van der Waals surface area contributed by atoms with Gasteiger partial charge in [-0.25, -0.2) is 9.18 Å². The molecule has 0 aliphatic rings. The average Bonchev–Trinajstić information content (AvgIpc) is 2.55. The van der Waals surface area contributed by atoms with Crippen molar-refractivity contribution in [2.75, 3.05) is 0 Å². The second kappa shape index (κ2) is 4.14. The van der Waals surface area contributed by atoms with E-state index >= 15 is 0 Å². The first-order valence-electron chi connectivity index (χ1n) is 4.74. The van der Waals surface area contributed by atoms with Crippen LogP contribution in [0.25, 0.3) is 0 Å². The molecule has 0 saturated carbocycles. The smallest absolute Gasteiger partial charge is 0.302 e. The van der Waals surface area contributed by atoms with Crippen LogP contribution in [0.3, 0.4) is 0 Å². The van der Waals surface area contributed by atoms with Crippen LogP contribution in [0, 0.1) is 5.82 Å². The standard InChI is InChI=1S/C11H10ClFN2O/c1-14-5-6-15(11(14)16)7-8-9(12)3-2-4-10(8)13/h2-6H,7H2,1H3. The molecule has 2 rings (SSSR count). The molecule has 0 fully saturated rings. The van der Waals surface area contributed by atoms with E-state index in [0.717, 1.165) is 0 Å². The van der Waals surface area contributed by atoms with E-state index in [4.69, 9.17) is 11.6 Å². The Morgan fingerprint density at radius 2 is 2.12 bits per heavy atom. The van der Waals surface area contributed by atoms with Crippen molar-refractivity contribution in [3.63, 3.8) is 0 Å². The van der Waals surface area contributed by atoms with Gasteiger partial charge in [-0.05, 0) is 12.1 Å². The normalized spacial score (nSPS) is 10.7. The maximum atomic E-state index is 13.5. The lowest BCUT2D eigenvalue weighted by Gasteiger charge is -2.05. The van der Waals surface area contributed by atoms with Crippen LogP contribution in [0.15, 0.2) is 35.4 Å². The first kappa shape index (κ1) is 11.0. The Morgan fingerprint density at radius 3 is 2.69 bits per heavy atom. The van der Waals surface area contributed by atoms with E-state index in [0.29, 0.717) is 10.6 Å². The Hall–Kier alpha value is -1.55. The number of hydrogen-bond acceptors (Lipinski definition) is 1. The highest BCUT2D eigenvalue weighted by Crippen LogP contribution is 2.19. The molecule has 84 valence electrons. The van der Waals surface area contributed by atoms with Crippen LogP contribution < -0.4 is 5.69 Å². The molecule has 1 aromatic heterocycles. The summed E-state index contributed by atoms with van der Waals surface area (Å²) >= 11 is 5.88. The van der Waals surface area contributed by atoms with Gasteiger partial charge in [-0.3, -0.25) is 4.57 Å². The summed E-state index contributed by atoms with van der Waals surface area (Å²) in [6, 6.07) is 4.47. The molecule has 16 heavy (non-hydrogen) atoms. The van der Waals surface area contributed by atoms with Gasteiger partial charge in [0, 0.05) is 30.0 Å². The minimum absolute atomic E-state index is 0.144. The van der Waals surface area contributed by atoms with Gasteiger partial charge in [-0.2, -0.15) is 0 Å². The quantitative estimate of drug-likeness (QED) is 0.789. The molecular formula is C11H10ClFN2O. The van der Waals surface area contributed by atoms with Gasteiger partial charge in [0.1, 0.15) is 5.82 Å². The van der Waals surface area contributed by atoms with Crippen LogP contribution in [0.4, 0.5) is 4.39 Å². The van der Waals surface area contributed by atoms with Crippen molar-refractivity contribution in [3.8, 4) is 0 Å². The molecule has 0 spiro atoms. The first-order valence-corrected chi connectivity index (χ1v) is 5.12. The summed E-state index contributed by atoms with van der Waals surface area (Å²) in [5, 5.41) is 0.329. The topological polar surface area (TPSA) is 26.9 Å². The number of aryl methyl sites for hydroxylation is 1. The van der Waals surface area contributed by atoms with Gasteiger partial charge in [-0.1, -0.05) is 17.7 Å². The SMILES string of the molecule is Cn1ccn(Cc2c(F)cccc2Cl)c1=O. The zero-order chi connectivity index (χ0) is 11.7. The Labute approximate surface area is 96.7 Å². The van der Waals surface area contributed by atoms with E-state index in [1.165, 1.54) is 21.3 Å². The zero-order valence-electron chi connectivity index (χ0n) is 8.65. The average molecular weight is 241 g/mol. The van der Waals surface area contributed by atoms with Crippen LogP contribution in [-0.2, 0) is 13.6 Å². The van der Waals surface area contributed by atoms with E-state index in [9.17, 15) is 9.18 Å². The van der Waals surface area contributed by atoms with Gasteiger partial charge in [0.25, 0.3) is 0 Å². The van der Waals surface area contributed by atoms with Crippen LogP contribution in [0.5, 0.6) is 0 Å². The third-order valence-electron chi connectivity index (χ3n) is 2.41. The van der Waals surface area contributed by atoms with Crippen molar-refractivity contribution in [1.82, 2.24) is 9.13 Å². The Kier molecular flexibility index (Phi) is 2.83. The molecule has 0 radical (unpaired) electrons. The number of benzene rings is 1. The van der Waals surface area contributed by atoms with Crippen molar-refractivity contribution < 1.29 is 4.39 Å². The Bertz CT molecular complexity index is 553. The van der Waals surface area contributed by atoms with E-state index in [1.807, 2.05) is 0 Å². The molecule has 0 N–H and O–H groups in total. The monoisotopic (exact) mass is 240 g/mol. The summed E-state index contributed by atoms with van der Waals surface area (Å²) in [4.78, 5) is 11.6. The summed E-state index contributed by atoms with van der Waals surface area (Å²) < 4.78 is 16.3. The molecule has 5 heteroatoms. The Balaban J connectivity index is 2.42. The second-order valence-corrected chi connectivity index (χ2v) is 3.93. The van der Waals surface area contributed by atoms with E-state index in [2.05, 4.69) is 0 Å². The number of halogens is 2. The fourth-order valence-electron chi connectivity index (χ4n) is 1.48. The molecule has 2 aromatic rings. The van der Waals surface area contributed by atoms with E-state index in [-0.39, 0.29) is 12.2 Å². The van der Waals surface area contributed by atoms with Crippen LogP contribution in [0.1, 0.15) is 5.56 Å². The van der Waals surface area contributed by atoms with Gasteiger partial charge >= 0.3 is 5.69 Å². The number of nitrogens with zero attached hydrogens (tertiary/aromatic N) is 2. The molecule has 0 aliphatic heterocycles. The minimum Gasteiger partial charge on any atom is -0.302 e. The van der Waals surface area contributed by atoms with Gasteiger partial charge in [0.05, 0.1) is 6.54 Å². The third kappa shape index (κ3) is 1.88. The highest BCUT2D eigenvalue weighted by atomic mass is 35.5. The summed E-state index contributed by atoms with van der Waals surface area (Å²) in [6.07, 6.45) is 3.22. The first-order chi connectivity index (χ1) is 7.59. The zero-order valence-corrected chi connectivity index (χ0v) is 9.41. The molecule has 1 heterocycles. The largest absolute Gasteiger partial charge is 0.328 e. The summed E-state index contributed by atoms with van der Waals surface area (Å²) in [5.41, 5.74) is 0.136. The number of rotatable bonds is 2. The molecular weight excluding hydrogens is 231 g/mol. The lowest BCUT2D eigenvalue weighted by atomic mass is 10.2. The molecule has 3 nitrogen and oxygen atoms in total. The van der Waals surface area contributed by atoms with Crippen molar-refractivity contribution in [1.29, 1.82) is 0 Å². The van der Waals surface area contributed by atoms with Crippen molar-refractivity contribution in [2.24, 2.45) is 7.05 Å². The minimum atomic E-state index is -0.400. The predicted octanol–water partition coefficient (Wildman–Crippen LogP) is 2.03. The summed E-state index contributed by atoms with van der Waals surface area (Å²) in [6.45, 7) is 0.144. The Morgan fingerprint density at radius 1 is 1.38 bits per heavy atom. The van der Waals surface area contributed by atoms with Gasteiger partial charge < -0.3 is 4.57 Å². The molecule has 0 bridgehead atoms. The molecule has 0 saturated heterocycles. The number of imidazole rings is 1. The van der Waals surface area contributed by atoms with E-state index in [1.54, 1.807) is 25.5 Å². The van der Waals surface area contributed by atoms with Crippen molar-refractivity contribution >= 4 is 11.6 Å². The van der Waals surface area contributed by atoms with Gasteiger partial charge in [0.2, 0.25) is 0 Å². The lowest BCUT2D eigenvalue weighted by molar-refractivity contribution is 0.594. The molecule has 1 aromatic carbocycles. The maximum absolute atomic E-state index is 13.5. The van der Waals surface area contributed by atoms with Crippen LogP contribution in [0.2, 0.25) is 5.02 Å². The van der Waals surface area contributed by atoms with Crippen LogP contribution in [-0.4, -0.2) is 9.13 Å². The molecule has 0 amide bonds. The molecule has 0 atom stereocenters. The van der Waals surface area contributed by atoms with E-state index < -0.39 is 5.82 Å². The predicted molar refractivity (Wildman–Crippen MR) is 60.2 cm³/mol. The fraction of sp³-hybridized carbons (Fsp3) is 0.182. The second-order valence-electron chi connectivity index (χ2n) is 3.52. The summed E-state index contributed by atoms with van der Waals surface area (Å²) in [7, 11) is 1.64. The van der Waals surface area contributed by atoms with Gasteiger partial charge in [-0.15, -0.1) is 0 Å². The van der Waals surface area contributed by atoms with Crippen molar-refractivity contribution in [3.05, 3.63) is 57.5 Å². The van der Waals surface area contributed by atoms with Crippen molar-refractivity contribution in [2.45, 2.75) is 6.54 Å². The number of hydrogen-bond donors (Lipinski definition) is 0. The fourth-order valence-corrected chi connectivity index (χ4v) is 1.71. The maximum Gasteiger partial charge on any atom is 0.328 e. The molecule has 0 aliphatic carbocycles. The highest BCUT2D eigenvalue weighted by molar-refractivity contribution is 6.31. The lowest BCUT2D eigenvalue weighted by Crippen LogP contribution is -2.22. The number of aromatic nitrogens is 2. The summed E-state index contributed by atoms with van der Waals surface area (Å²) in [5.74, 6) is -0.400. The molecule has 0 unspecified atom stereocenters. The van der Waals surface area contributed by atoms with Crippen LogP contribution >= 0.6 is 11.6 Å². The van der Waals surface area contributed by atoms with Gasteiger partial charge in [0.15, 0.2) is 0 Å².